The van der Waals surface area contributed by atoms with E-state index in [1.807, 2.05) is 0 Å². The van der Waals surface area contributed by atoms with Crippen molar-refractivity contribution in [2.75, 3.05) is 23.7 Å². The molecule has 1 saturated heterocycles. The van der Waals surface area contributed by atoms with E-state index in [1.165, 1.54) is 6.92 Å². The number of carbonyl (C=O) groups excluding carboxylic acids is 1. The first-order chi connectivity index (χ1) is 7.66. The van der Waals surface area contributed by atoms with Gasteiger partial charge in [0.2, 0.25) is 0 Å². The van der Waals surface area contributed by atoms with Gasteiger partial charge in [-0.1, -0.05) is 0 Å². The van der Waals surface area contributed by atoms with Crippen molar-refractivity contribution in [2.45, 2.75) is 19.8 Å². The van der Waals surface area contributed by atoms with Crippen LogP contribution >= 0.6 is 0 Å². The fourth-order valence-electron chi connectivity index (χ4n) is 1.68. The number of nitrogen functional groups attached to an aromatic ring is 1. The molecule has 1 aliphatic rings. The summed E-state index contributed by atoms with van der Waals surface area (Å²) >= 11 is 0. The molecule has 0 aliphatic carbocycles. The van der Waals surface area contributed by atoms with Crippen LogP contribution in [0.2, 0.25) is 0 Å². The fourth-order valence-corrected chi connectivity index (χ4v) is 1.68. The lowest BCUT2D eigenvalue weighted by atomic mass is 10.4. The van der Waals surface area contributed by atoms with Gasteiger partial charge in [-0.3, -0.25) is 4.79 Å². The third kappa shape index (κ3) is 2.21. The lowest BCUT2D eigenvalue weighted by molar-refractivity contribution is -0.132. The number of hydrogen-bond acceptors (Lipinski definition) is 6. The van der Waals surface area contributed by atoms with Gasteiger partial charge in [0.15, 0.2) is 11.6 Å². The second-order valence-electron chi connectivity index (χ2n) is 3.71. The maximum atomic E-state index is 10.8. The summed E-state index contributed by atoms with van der Waals surface area (Å²) in [5.74, 6) is 0.498. The summed E-state index contributed by atoms with van der Waals surface area (Å²) in [6.45, 7) is 3.22. The molecule has 0 spiro atoms. The van der Waals surface area contributed by atoms with E-state index in [0.29, 0.717) is 5.82 Å². The molecule has 1 aromatic heterocycles. The SMILES string of the molecule is CC(=O)Oc1nc(N2CCCC2)cnc1N. The third-order valence-electron chi connectivity index (χ3n) is 2.42. The van der Waals surface area contributed by atoms with Crippen LogP contribution in [-0.2, 0) is 4.79 Å². The van der Waals surface area contributed by atoms with Gasteiger partial charge < -0.3 is 15.4 Å². The van der Waals surface area contributed by atoms with Crippen molar-refractivity contribution in [2.24, 2.45) is 0 Å². The molecule has 2 heterocycles. The number of anilines is 2. The molecule has 1 aromatic rings. The van der Waals surface area contributed by atoms with Gasteiger partial charge >= 0.3 is 5.97 Å². The molecule has 2 N–H and O–H groups in total. The van der Waals surface area contributed by atoms with Crippen molar-refractivity contribution >= 4 is 17.6 Å². The molecule has 1 aliphatic heterocycles. The number of rotatable bonds is 2. The Labute approximate surface area is 93.4 Å². The molecule has 0 bridgehead atoms. The molecule has 0 saturated carbocycles. The summed E-state index contributed by atoms with van der Waals surface area (Å²) in [6, 6.07) is 0. The van der Waals surface area contributed by atoms with E-state index >= 15 is 0 Å². The second-order valence-corrected chi connectivity index (χ2v) is 3.71. The summed E-state index contributed by atoms with van der Waals surface area (Å²) in [5, 5.41) is 0. The standard InChI is InChI=1S/C10H14N4O2/c1-7(15)16-10-9(11)12-6-8(13-10)14-4-2-3-5-14/h6H,2-5H2,1H3,(H2,11,12). The van der Waals surface area contributed by atoms with Gasteiger partial charge in [-0.2, -0.15) is 4.98 Å². The van der Waals surface area contributed by atoms with Crippen LogP contribution in [0.3, 0.4) is 0 Å². The first kappa shape index (κ1) is 10.7. The highest BCUT2D eigenvalue weighted by molar-refractivity contribution is 5.70. The van der Waals surface area contributed by atoms with Crippen molar-refractivity contribution in [3.63, 3.8) is 0 Å². The van der Waals surface area contributed by atoms with E-state index in [9.17, 15) is 4.79 Å². The normalized spacial score (nSPS) is 15.2. The number of nitrogens with zero attached hydrogens (tertiary/aromatic N) is 3. The predicted octanol–water partition coefficient (Wildman–Crippen LogP) is 0.584. The second kappa shape index (κ2) is 4.34. The summed E-state index contributed by atoms with van der Waals surface area (Å²) in [6.07, 6.45) is 3.90. The molecule has 0 atom stereocenters. The van der Waals surface area contributed by atoms with Gasteiger partial charge in [0.1, 0.15) is 0 Å². The highest BCUT2D eigenvalue weighted by atomic mass is 16.5. The third-order valence-corrected chi connectivity index (χ3v) is 2.42. The molecule has 0 amide bonds. The Bertz CT molecular complexity index is 402. The summed E-state index contributed by atoms with van der Waals surface area (Å²) in [4.78, 5) is 21.1. The first-order valence-electron chi connectivity index (χ1n) is 5.22. The van der Waals surface area contributed by atoms with Gasteiger partial charge in [0, 0.05) is 20.0 Å². The predicted molar refractivity (Wildman–Crippen MR) is 59.2 cm³/mol. The van der Waals surface area contributed by atoms with Gasteiger partial charge in [-0.25, -0.2) is 4.98 Å². The Kier molecular flexibility index (Phi) is 2.89. The number of nitrogens with two attached hydrogens (primary N) is 1. The molecular weight excluding hydrogens is 208 g/mol. The monoisotopic (exact) mass is 222 g/mol. The van der Waals surface area contributed by atoms with Gasteiger partial charge in [0.25, 0.3) is 5.88 Å². The van der Waals surface area contributed by atoms with E-state index in [4.69, 9.17) is 10.5 Å². The minimum Gasteiger partial charge on any atom is -0.403 e. The number of hydrogen-bond donors (Lipinski definition) is 1. The molecular formula is C10H14N4O2. The number of aromatic nitrogens is 2. The molecule has 6 heteroatoms. The van der Waals surface area contributed by atoms with Crippen LogP contribution in [0, 0.1) is 0 Å². The molecule has 16 heavy (non-hydrogen) atoms. The Morgan fingerprint density at radius 3 is 2.81 bits per heavy atom. The zero-order valence-electron chi connectivity index (χ0n) is 9.14. The maximum absolute atomic E-state index is 10.8. The average Bonchev–Trinajstić information content (AvgIpc) is 2.73. The Morgan fingerprint density at radius 1 is 1.50 bits per heavy atom. The van der Waals surface area contributed by atoms with Crippen molar-refractivity contribution in [1.29, 1.82) is 0 Å². The topological polar surface area (TPSA) is 81.3 Å². The van der Waals surface area contributed by atoms with Crippen molar-refractivity contribution in [3.05, 3.63) is 6.20 Å². The molecule has 0 aromatic carbocycles. The van der Waals surface area contributed by atoms with E-state index in [0.717, 1.165) is 25.9 Å². The Hall–Kier alpha value is -1.85. The van der Waals surface area contributed by atoms with Gasteiger partial charge in [0.05, 0.1) is 6.20 Å². The van der Waals surface area contributed by atoms with Crippen molar-refractivity contribution in [3.8, 4) is 5.88 Å². The van der Waals surface area contributed by atoms with Crippen molar-refractivity contribution < 1.29 is 9.53 Å². The Morgan fingerprint density at radius 2 is 2.19 bits per heavy atom. The summed E-state index contributed by atoms with van der Waals surface area (Å²) < 4.78 is 4.88. The van der Waals surface area contributed by atoms with Crippen LogP contribution in [0.25, 0.3) is 0 Å². The number of carbonyl (C=O) groups is 1. The summed E-state index contributed by atoms with van der Waals surface area (Å²) in [7, 11) is 0. The molecule has 6 nitrogen and oxygen atoms in total. The quantitative estimate of drug-likeness (QED) is 0.737. The van der Waals surface area contributed by atoms with Crippen LogP contribution in [0.15, 0.2) is 6.20 Å². The Balaban J connectivity index is 2.23. The maximum Gasteiger partial charge on any atom is 0.309 e. The fraction of sp³-hybridized carbons (Fsp3) is 0.500. The zero-order chi connectivity index (χ0) is 11.5. The van der Waals surface area contributed by atoms with Crippen LogP contribution < -0.4 is 15.4 Å². The molecule has 1 fully saturated rings. The minimum atomic E-state index is -0.445. The lowest BCUT2D eigenvalue weighted by Gasteiger charge is -2.16. The number of esters is 1. The van der Waals surface area contributed by atoms with Crippen LogP contribution in [0.5, 0.6) is 5.88 Å². The molecule has 2 rings (SSSR count). The van der Waals surface area contributed by atoms with E-state index in [1.54, 1.807) is 6.20 Å². The largest absolute Gasteiger partial charge is 0.403 e. The minimum absolute atomic E-state index is 0.0944. The van der Waals surface area contributed by atoms with Crippen LogP contribution in [-0.4, -0.2) is 29.0 Å². The first-order valence-corrected chi connectivity index (χ1v) is 5.22. The molecule has 0 unspecified atom stereocenters. The van der Waals surface area contributed by atoms with Crippen LogP contribution in [0.4, 0.5) is 11.6 Å². The van der Waals surface area contributed by atoms with Crippen LogP contribution in [0.1, 0.15) is 19.8 Å². The molecule has 86 valence electrons. The van der Waals surface area contributed by atoms with Crippen molar-refractivity contribution in [1.82, 2.24) is 9.97 Å². The van der Waals surface area contributed by atoms with Gasteiger partial charge in [-0.05, 0) is 12.8 Å². The average molecular weight is 222 g/mol. The molecule has 0 radical (unpaired) electrons. The van der Waals surface area contributed by atoms with Gasteiger partial charge in [-0.15, -0.1) is 0 Å². The highest BCUT2D eigenvalue weighted by Crippen LogP contribution is 2.23. The smallest absolute Gasteiger partial charge is 0.309 e. The number of ether oxygens (including phenoxy) is 1. The summed E-state index contributed by atoms with van der Waals surface area (Å²) in [5.41, 5.74) is 5.57. The van der Waals surface area contributed by atoms with E-state index < -0.39 is 5.97 Å². The van der Waals surface area contributed by atoms with E-state index in [-0.39, 0.29) is 11.7 Å². The zero-order valence-corrected chi connectivity index (χ0v) is 9.14. The van der Waals surface area contributed by atoms with E-state index in [2.05, 4.69) is 14.9 Å². The highest BCUT2D eigenvalue weighted by Gasteiger charge is 2.16. The lowest BCUT2D eigenvalue weighted by Crippen LogP contribution is -2.20.